The van der Waals surface area contributed by atoms with E-state index in [0.29, 0.717) is 5.92 Å². The zero-order chi connectivity index (χ0) is 14.6. The number of carbonyl (C=O) groups is 1. The average Bonchev–Trinajstić information content (AvgIpc) is 2.49. The van der Waals surface area contributed by atoms with E-state index >= 15 is 0 Å². The van der Waals surface area contributed by atoms with Gasteiger partial charge in [-0.2, -0.15) is 0 Å². The fourth-order valence-corrected chi connectivity index (χ4v) is 3.10. The number of rotatable bonds is 10. The van der Waals surface area contributed by atoms with Crippen LogP contribution in [0.1, 0.15) is 71.6 Å². The molecule has 0 bridgehead atoms. The lowest BCUT2D eigenvalue weighted by Gasteiger charge is -2.22. The Bertz CT molecular complexity index is 255. The summed E-state index contributed by atoms with van der Waals surface area (Å²) >= 11 is 0. The fraction of sp³-hybridized carbons (Fsp3) is 0.941. The lowest BCUT2D eigenvalue weighted by atomic mass is 9.93. The van der Waals surface area contributed by atoms with Crippen molar-refractivity contribution < 1.29 is 4.79 Å². The summed E-state index contributed by atoms with van der Waals surface area (Å²) < 4.78 is 0. The third kappa shape index (κ3) is 10.1. The summed E-state index contributed by atoms with van der Waals surface area (Å²) in [7, 11) is 0. The topological polar surface area (TPSA) is 41.1 Å². The average molecular weight is 319 g/mol. The van der Waals surface area contributed by atoms with Crippen molar-refractivity contribution in [2.24, 2.45) is 11.8 Å². The highest BCUT2D eigenvalue weighted by Crippen LogP contribution is 2.18. The van der Waals surface area contributed by atoms with Crippen molar-refractivity contribution >= 4 is 18.3 Å². The SMILES string of the molecule is CCCCC(CCC)CNC(=O)CCC1CCNCC1.Cl. The Kier molecular flexibility index (Phi) is 13.2. The van der Waals surface area contributed by atoms with Crippen molar-refractivity contribution in [1.82, 2.24) is 10.6 Å². The van der Waals surface area contributed by atoms with Crippen LogP contribution in [0.15, 0.2) is 0 Å². The summed E-state index contributed by atoms with van der Waals surface area (Å²) in [5.74, 6) is 1.71. The van der Waals surface area contributed by atoms with E-state index in [0.717, 1.165) is 38.4 Å². The highest BCUT2D eigenvalue weighted by Gasteiger charge is 2.15. The number of halogens is 1. The summed E-state index contributed by atoms with van der Waals surface area (Å²) in [4.78, 5) is 11.9. The minimum absolute atomic E-state index is 0. The highest BCUT2D eigenvalue weighted by atomic mass is 35.5. The van der Waals surface area contributed by atoms with E-state index in [-0.39, 0.29) is 18.3 Å². The molecule has 1 saturated heterocycles. The largest absolute Gasteiger partial charge is 0.356 e. The molecule has 1 amide bonds. The van der Waals surface area contributed by atoms with Crippen LogP contribution < -0.4 is 10.6 Å². The van der Waals surface area contributed by atoms with Crippen molar-refractivity contribution in [3.05, 3.63) is 0 Å². The summed E-state index contributed by atoms with van der Waals surface area (Å²) in [5.41, 5.74) is 0. The normalized spacial score (nSPS) is 17.0. The van der Waals surface area contributed by atoms with Crippen molar-refractivity contribution in [1.29, 1.82) is 0 Å². The zero-order valence-electron chi connectivity index (χ0n) is 14.0. The molecule has 21 heavy (non-hydrogen) atoms. The first-order chi connectivity index (χ1) is 9.76. The van der Waals surface area contributed by atoms with Gasteiger partial charge in [0.1, 0.15) is 0 Å². The Balaban J connectivity index is 0.00000400. The second kappa shape index (κ2) is 13.4. The monoisotopic (exact) mass is 318 g/mol. The van der Waals surface area contributed by atoms with E-state index in [4.69, 9.17) is 0 Å². The van der Waals surface area contributed by atoms with E-state index in [1.807, 2.05) is 0 Å². The molecule has 1 unspecified atom stereocenters. The summed E-state index contributed by atoms with van der Waals surface area (Å²) in [6.07, 6.45) is 10.5. The van der Waals surface area contributed by atoms with Crippen LogP contribution in [0.4, 0.5) is 0 Å². The van der Waals surface area contributed by atoms with Crippen LogP contribution in [0.2, 0.25) is 0 Å². The smallest absolute Gasteiger partial charge is 0.220 e. The van der Waals surface area contributed by atoms with Crippen LogP contribution in [-0.4, -0.2) is 25.5 Å². The van der Waals surface area contributed by atoms with Crippen molar-refractivity contribution in [2.45, 2.75) is 71.6 Å². The number of unbranched alkanes of at least 4 members (excludes halogenated alkanes) is 1. The van der Waals surface area contributed by atoms with Gasteiger partial charge in [-0.25, -0.2) is 0 Å². The third-order valence-corrected chi connectivity index (χ3v) is 4.49. The Labute approximate surface area is 137 Å². The number of hydrogen-bond donors (Lipinski definition) is 2. The third-order valence-electron chi connectivity index (χ3n) is 4.49. The quantitative estimate of drug-likeness (QED) is 0.641. The minimum atomic E-state index is 0. The molecule has 0 saturated carbocycles. The van der Waals surface area contributed by atoms with Gasteiger partial charge in [0.25, 0.3) is 0 Å². The Hall–Kier alpha value is -0.280. The molecule has 0 aromatic heterocycles. The molecule has 1 fully saturated rings. The maximum absolute atomic E-state index is 11.9. The molecular formula is C17H35ClN2O. The number of carbonyl (C=O) groups excluding carboxylic acids is 1. The molecule has 0 aliphatic carbocycles. The molecule has 0 spiro atoms. The van der Waals surface area contributed by atoms with Crippen molar-refractivity contribution in [2.75, 3.05) is 19.6 Å². The van der Waals surface area contributed by atoms with Gasteiger partial charge in [-0.1, -0.05) is 33.1 Å². The van der Waals surface area contributed by atoms with Crippen LogP contribution in [-0.2, 0) is 4.79 Å². The number of hydrogen-bond acceptors (Lipinski definition) is 2. The molecule has 126 valence electrons. The lowest BCUT2D eigenvalue weighted by Crippen LogP contribution is -2.31. The molecule has 1 rings (SSSR count). The van der Waals surface area contributed by atoms with Crippen LogP contribution in [0.3, 0.4) is 0 Å². The Morgan fingerprint density at radius 1 is 1.19 bits per heavy atom. The Morgan fingerprint density at radius 3 is 2.52 bits per heavy atom. The summed E-state index contributed by atoms with van der Waals surface area (Å²) in [5, 5.41) is 6.54. The zero-order valence-corrected chi connectivity index (χ0v) is 14.8. The van der Waals surface area contributed by atoms with E-state index < -0.39 is 0 Å². The minimum Gasteiger partial charge on any atom is -0.356 e. The van der Waals surface area contributed by atoms with Gasteiger partial charge in [0.05, 0.1) is 0 Å². The molecule has 1 heterocycles. The first-order valence-electron chi connectivity index (χ1n) is 8.73. The van der Waals surface area contributed by atoms with Gasteiger partial charge in [0.15, 0.2) is 0 Å². The maximum Gasteiger partial charge on any atom is 0.220 e. The number of nitrogens with one attached hydrogen (secondary N) is 2. The molecule has 1 atom stereocenters. The maximum atomic E-state index is 11.9. The van der Waals surface area contributed by atoms with Crippen LogP contribution >= 0.6 is 12.4 Å². The predicted octanol–water partition coefficient (Wildman–Crippen LogP) is 3.91. The molecule has 0 aromatic carbocycles. The van der Waals surface area contributed by atoms with Gasteiger partial charge < -0.3 is 10.6 Å². The van der Waals surface area contributed by atoms with Gasteiger partial charge >= 0.3 is 0 Å². The van der Waals surface area contributed by atoms with Crippen LogP contribution in [0.25, 0.3) is 0 Å². The van der Waals surface area contributed by atoms with E-state index in [1.165, 1.54) is 44.9 Å². The van der Waals surface area contributed by atoms with Gasteiger partial charge in [0, 0.05) is 13.0 Å². The van der Waals surface area contributed by atoms with Crippen LogP contribution in [0.5, 0.6) is 0 Å². The summed E-state index contributed by atoms with van der Waals surface area (Å²) in [6, 6.07) is 0. The second-order valence-electron chi connectivity index (χ2n) is 6.33. The number of piperidine rings is 1. The highest BCUT2D eigenvalue weighted by molar-refractivity contribution is 5.85. The fourth-order valence-electron chi connectivity index (χ4n) is 3.10. The molecule has 4 heteroatoms. The molecule has 3 nitrogen and oxygen atoms in total. The van der Waals surface area contributed by atoms with E-state index in [1.54, 1.807) is 0 Å². The van der Waals surface area contributed by atoms with Gasteiger partial charge in [-0.3, -0.25) is 4.79 Å². The molecule has 1 aliphatic heterocycles. The first kappa shape index (κ1) is 20.7. The van der Waals surface area contributed by atoms with Crippen molar-refractivity contribution in [3.63, 3.8) is 0 Å². The molecule has 1 aliphatic rings. The molecule has 0 aromatic rings. The van der Waals surface area contributed by atoms with Gasteiger partial charge in [-0.15, -0.1) is 12.4 Å². The summed E-state index contributed by atoms with van der Waals surface area (Å²) in [6.45, 7) is 7.61. The first-order valence-corrected chi connectivity index (χ1v) is 8.73. The van der Waals surface area contributed by atoms with Crippen molar-refractivity contribution in [3.8, 4) is 0 Å². The predicted molar refractivity (Wildman–Crippen MR) is 93.0 cm³/mol. The lowest BCUT2D eigenvalue weighted by molar-refractivity contribution is -0.121. The van der Waals surface area contributed by atoms with E-state index in [9.17, 15) is 4.79 Å². The van der Waals surface area contributed by atoms with E-state index in [2.05, 4.69) is 24.5 Å². The molecule has 2 N–H and O–H groups in total. The van der Waals surface area contributed by atoms with Gasteiger partial charge in [0.2, 0.25) is 5.91 Å². The second-order valence-corrected chi connectivity index (χ2v) is 6.33. The standard InChI is InChI=1S/C17H34N2O.ClH/c1-3-5-7-16(6-4-2)14-19-17(20)9-8-15-10-12-18-13-11-15;/h15-16,18H,3-14H2,1-2H3,(H,19,20);1H. The van der Waals surface area contributed by atoms with Crippen LogP contribution in [0, 0.1) is 11.8 Å². The molecular weight excluding hydrogens is 284 g/mol. The number of amides is 1. The van der Waals surface area contributed by atoms with Gasteiger partial charge in [-0.05, 0) is 57.0 Å². The Morgan fingerprint density at radius 2 is 1.90 bits per heavy atom. The molecule has 0 radical (unpaired) electrons.